The molecule has 0 saturated heterocycles. The van der Waals surface area contributed by atoms with Crippen molar-refractivity contribution in [1.29, 1.82) is 0 Å². The third-order valence-electron chi connectivity index (χ3n) is 6.88. The maximum atomic E-state index is 14.3. The van der Waals surface area contributed by atoms with E-state index in [2.05, 4.69) is 6.92 Å². The summed E-state index contributed by atoms with van der Waals surface area (Å²) in [5.41, 5.74) is -1.40. The number of halogens is 5. The third-order valence-corrected chi connectivity index (χ3v) is 6.88. The maximum absolute atomic E-state index is 14.3. The van der Waals surface area contributed by atoms with Gasteiger partial charge < -0.3 is 0 Å². The first-order valence-corrected chi connectivity index (χ1v) is 10.4. The third kappa shape index (κ3) is 4.65. The van der Waals surface area contributed by atoms with Gasteiger partial charge in [0, 0.05) is 0 Å². The van der Waals surface area contributed by atoms with Gasteiger partial charge in [-0.05, 0) is 73.8 Å². The van der Waals surface area contributed by atoms with Gasteiger partial charge in [0.25, 0.3) is 0 Å². The average molecular weight is 388 g/mol. The summed E-state index contributed by atoms with van der Waals surface area (Å²) in [7, 11) is 0. The smallest absolute Gasteiger partial charge is 0.203 e. The maximum Gasteiger partial charge on any atom is 0.419 e. The quantitative estimate of drug-likeness (QED) is 0.461. The molecule has 0 N–H and O–H groups in total. The molecular formula is C22H29F5. The van der Waals surface area contributed by atoms with Gasteiger partial charge in [-0.2, -0.15) is 13.2 Å². The SMILES string of the molecule is CCC[C@H]1CC[C@H]([C@H]2CC[C@H](c3ccc(C(F)(F)F)c(F)c3F)CC2)CC1. The van der Waals surface area contributed by atoms with Crippen molar-refractivity contribution in [3.8, 4) is 0 Å². The summed E-state index contributed by atoms with van der Waals surface area (Å²) in [6, 6.07) is 1.83. The molecule has 3 rings (SSSR count). The fourth-order valence-corrected chi connectivity index (χ4v) is 5.36. The average Bonchev–Trinajstić information content (AvgIpc) is 2.64. The van der Waals surface area contributed by atoms with Gasteiger partial charge in [0.05, 0.1) is 5.56 Å². The molecule has 152 valence electrons. The Bertz CT molecular complexity index is 620. The predicted octanol–water partition coefficient (Wildman–Crippen LogP) is 7.86. The summed E-state index contributed by atoms with van der Waals surface area (Å²) in [5.74, 6) is -1.01. The Labute approximate surface area is 158 Å². The van der Waals surface area contributed by atoms with Crippen LogP contribution in [0.3, 0.4) is 0 Å². The lowest BCUT2D eigenvalue weighted by Crippen LogP contribution is -2.25. The Balaban J connectivity index is 1.59. The highest BCUT2D eigenvalue weighted by Gasteiger charge is 2.37. The Morgan fingerprint density at radius 2 is 1.37 bits per heavy atom. The van der Waals surface area contributed by atoms with Gasteiger partial charge in [0.15, 0.2) is 11.6 Å². The van der Waals surface area contributed by atoms with E-state index in [1.165, 1.54) is 38.5 Å². The fraction of sp³-hybridized carbons (Fsp3) is 0.727. The fourth-order valence-electron chi connectivity index (χ4n) is 5.36. The van der Waals surface area contributed by atoms with Crippen LogP contribution >= 0.6 is 0 Å². The first-order valence-electron chi connectivity index (χ1n) is 10.4. The number of hydrogen-bond acceptors (Lipinski definition) is 0. The van der Waals surface area contributed by atoms with Gasteiger partial charge in [-0.3, -0.25) is 0 Å². The second-order valence-corrected chi connectivity index (χ2v) is 8.51. The van der Waals surface area contributed by atoms with Crippen molar-refractivity contribution >= 4 is 0 Å². The van der Waals surface area contributed by atoms with Gasteiger partial charge in [0.2, 0.25) is 0 Å². The van der Waals surface area contributed by atoms with Crippen LogP contribution in [0.25, 0.3) is 0 Å². The van der Waals surface area contributed by atoms with Crippen molar-refractivity contribution in [1.82, 2.24) is 0 Å². The van der Waals surface area contributed by atoms with Crippen LogP contribution in [0.1, 0.15) is 88.2 Å². The van der Waals surface area contributed by atoms with Crippen LogP contribution in [-0.2, 0) is 6.18 Å². The minimum atomic E-state index is -4.86. The molecule has 2 aliphatic carbocycles. The molecule has 0 atom stereocenters. The lowest BCUT2D eigenvalue weighted by Gasteiger charge is -2.38. The van der Waals surface area contributed by atoms with Gasteiger partial charge in [-0.15, -0.1) is 0 Å². The summed E-state index contributed by atoms with van der Waals surface area (Å²) in [6.45, 7) is 2.23. The summed E-state index contributed by atoms with van der Waals surface area (Å²) in [4.78, 5) is 0. The first-order chi connectivity index (χ1) is 12.8. The van der Waals surface area contributed by atoms with Crippen LogP contribution in [0.15, 0.2) is 12.1 Å². The Morgan fingerprint density at radius 3 is 1.89 bits per heavy atom. The van der Waals surface area contributed by atoms with E-state index in [0.29, 0.717) is 12.0 Å². The number of rotatable bonds is 4. The van der Waals surface area contributed by atoms with E-state index in [9.17, 15) is 22.0 Å². The van der Waals surface area contributed by atoms with E-state index < -0.39 is 23.4 Å². The highest BCUT2D eigenvalue weighted by molar-refractivity contribution is 5.31. The zero-order valence-corrected chi connectivity index (χ0v) is 15.9. The molecule has 2 saturated carbocycles. The summed E-state index contributed by atoms with van der Waals surface area (Å²) < 4.78 is 66.3. The Hall–Kier alpha value is -1.13. The first kappa shape index (κ1) is 20.6. The minimum Gasteiger partial charge on any atom is -0.203 e. The second kappa shape index (κ2) is 8.48. The summed E-state index contributed by atoms with van der Waals surface area (Å²) >= 11 is 0. The highest BCUT2D eigenvalue weighted by Crippen LogP contribution is 2.45. The van der Waals surface area contributed by atoms with E-state index >= 15 is 0 Å². The normalized spacial score (nSPS) is 29.7. The van der Waals surface area contributed by atoms with Gasteiger partial charge in [0.1, 0.15) is 0 Å². The van der Waals surface area contributed by atoms with Gasteiger partial charge >= 0.3 is 6.18 Å². The molecule has 0 unspecified atom stereocenters. The molecule has 2 aliphatic rings. The second-order valence-electron chi connectivity index (χ2n) is 8.51. The molecular weight excluding hydrogens is 359 g/mol. The summed E-state index contributed by atoms with van der Waals surface area (Å²) in [6.07, 6.45) is 6.25. The van der Waals surface area contributed by atoms with E-state index in [0.717, 1.165) is 43.6 Å². The van der Waals surface area contributed by atoms with Crippen molar-refractivity contribution in [2.24, 2.45) is 17.8 Å². The highest BCUT2D eigenvalue weighted by atomic mass is 19.4. The van der Waals surface area contributed by atoms with Crippen LogP contribution in [0.5, 0.6) is 0 Å². The van der Waals surface area contributed by atoms with E-state index in [-0.39, 0.29) is 11.5 Å². The molecule has 0 bridgehead atoms. The molecule has 0 spiro atoms. The molecule has 0 aliphatic heterocycles. The van der Waals surface area contributed by atoms with Crippen molar-refractivity contribution in [3.63, 3.8) is 0 Å². The zero-order valence-electron chi connectivity index (χ0n) is 15.9. The number of alkyl halides is 3. The molecule has 0 nitrogen and oxygen atoms in total. The van der Waals surface area contributed by atoms with Crippen molar-refractivity contribution in [2.45, 2.75) is 83.2 Å². The number of benzene rings is 1. The van der Waals surface area contributed by atoms with E-state index in [1.807, 2.05) is 0 Å². The lowest BCUT2D eigenvalue weighted by atomic mass is 9.68. The molecule has 0 radical (unpaired) electrons. The summed E-state index contributed by atoms with van der Waals surface area (Å²) in [5, 5.41) is 0. The standard InChI is InChI=1S/C22H29F5/c1-2-3-14-4-6-15(7-5-14)16-8-10-17(11-9-16)18-12-13-19(22(25,26)27)21(24)20(18)23/h12-17H,2-11H2,1H3/t14-,15-,16-,17-. The zero-order chi connectivity index (χ0) is 19.6. The largest absolute Gasteiger partial charge is 0.419 e. The molecule has 5 heteroatoms. The van der Waals surface area contributed by atoms with Crippen molar-refractivity contribution in [2.75, 3.05) is 0 Å². The van der Waals surface area contributed by atoms with Gasteiger partial charge in [-0.1, -0.05) is 38.7 Å². The van der Waals surface area contributed by atoms with Crippen LogP contribution in [-0.4, -0.2) is 0 Å². The van der Waals surface area contributed by atoms with Crippen molar-refractivity contribution in [3.05, 3.63) is 34.9 Å². The van der Waals surface area contributed by atoms with Crippen LogP contribution in [0.2, 0.25) is 0 Å². The van der Waals surface area contributed by atoms with Crippen LogP contribution in [0.4, 0.5) is 22.0 Å². The van der Waals surface area contributed by atoms with Gasteiger partial charge in [-0.25, -0.2) is 8.78 Å². The molecule has 0 amide bonds. The molecule has 0 heterocycles. The number of hydrogen-bond donors (Lipinski definition) is 0. The molecule has 0 aromatic heterocycles. The van der Waals surface area contributed by atoms with Crippen LogP contribution < -0.4 is 0 Å². The van der Waals surface area contributed by atoms with E-state index in [4.69, 9.17) is 0 Å². The molecule has 1 aromatic rings. The molecule has 1 aromatic carbocycles. The van der Waals surface area contributed by atoms with E-state index in [1.54, 1.807) is 0 Å². The topological polar surface area (TPSA) is 0 Å². The predicted molar refractivity (Wildman–Crippen MR) is 96.4 cm³/mol. The molecule has 2 fully saturated rings. The minimum absolute atomic E-state index is 0.116. The van der Waals surface area contributed by atoms with Crippen molar-refractivity contribution < 1.29 is 22.0 Å². The monoisotopic (exact) mass is 388 g/mol. The Kier molecular flexibility index (Phi) is 6.47. The molecule has 27 heavy (non-hydrogen) atoms. The lowest BCUT2D eigenvalue weighted by molar-refractivity contribution is -0.140. The van der Waals surface area contributed by atoms with Crippen LogP contribution in [0, 0.1) is 29.4 Å². The Morgan fingerprint density at radius 1 is 0.815 bits per heavy atom.